The van der Waals surface area contributed by atoms with Crippen molar-refractivity contribution in [3.63, 3.8) is 0 Å². The monoisotopic (exact) mass is 330 g/mol. The third-order valence-corrected chi connectivity index (χ3v) is 5.53. The number of benzene rings is 1. The molecule has 1 aliphatic carbocycles. The molecule has 2 unspecified atom stereocenters. The molecule has 2 fully saturated rings. The van der Waals surface area contributed by atoms with Crippen molar-refractivity contribution in [2.75, 3.05) is 19.6 Å². The molecule has 24 heavy (non-hydrogen) atoms. The van der Waals surface area contributed by atoms with Crippen LogP contribution in [0.2, 0.25) is 0 Å². The van der Waals surface area contributed by atoms with Crippen LogP contribution in [0, 0.1) is 11.8 Å². The molecule has 0 spiro atoms. The van der Waals surface area contributed by atoms with Gasteiger partial charge in [0.15, 0.2) is 0 Å². The van der Waals surface area contributed by atoms with E-state index in [9.17, 15) is 9.59 Å². The lowest BCUT2D eigenvalue weighted by molar-refractivity contribution is -0.143. The van der Waals surface area contributed by atoms with Gasteiger partial charge in [0.2, 0.25) is 0 Å². The van der Waals surface area contributed by atoms with E-state index in [1.54, 1.807) is 4.90 Å². The summed E-state index contributed by atoms with van der Waals surface area (Å²) in [5, 5.41) is 12.1. The number of nitrogens with zero attached hydrogens (tertiary/aromatic N) is 1. The van der Waals surface area contributed by atoms with E-state index in [0.29, 0.717) is 44.3 Å². The van der Waals surface area contributed by atoms with E-state index in [2.05, 4.69) is 29.6 Å². The van der Waals surface area contributed by atoms with Gasteiger partial charge in [0.1, 0.15) is 0 Å². The maximum Gasteiger partial charge on any atom is 0.317 e. The Kier molecular flexibility index (Phi) is 5.38. The molecule has 2 amide bonds. The fourth-order valence-electron chi connectivity index (χ4n) is 4.08. The number of likely N-dealkylation sites (tertiary alicyclic amines) is 1. The highest BCUT2D eigenvalue weighted by Crippen LogP contribution is 2.39. The van der Waals surface area contributed by atoms with Crippen LogP contribution >= 0.6 is 0 Å². The molecular formula is C19H26N2O3. The highest BCUT2D eigenvalue weighted by atomic mass is 16.4. The minimum absolute atomic E-state index is 0.0439. The molecule has 1 aliphatic heterocycles. The standard InChI is InChI=1S/C19H26N2O3/c22-18(23)15-9-11-21(12-10-15)19(24)20-13-16-7-4-8-17(16)14-5-2-1-3-6-14/h1-3,5-6,15-17H,4,7-13H2,(H,20,24)(H,22,23). The van der Waals surface area contributed by atoms with Gasteiger partial charge in [-0.1, -0.05) is 36.8 Å². The molecule has 1 aromatic rings. The third-order valence-electron chi connectivity index (χ3n) is 5.53. The van der Waals surface area contributed by atoms with Gasteiger partial charge < -0.3 is 15.3 Å². The van der Waals surface area contributed by atoms with Crippen LogP contribution < -0.4 is 5.32 Å². The number of carbonyl (C=O) groups excluding carboxylic acids is 1. The Hall–Kier alpha value is -2.04. The predicted octanol–water partition coefficient (Wildman–Crippen LogP) is 3.08. The largest absolute Gasteiger partial charge is 0.481 e. The SMILES string of the molecule is O=C(O)C1CCN(C(=O)NCC2CCCC2c2ccccc2)CC1. The van der Waals surface area contributed by atoms with E-state index in [1.807, 2.05) is 6.07 Å². The van der Waals surface area contributed by atoms with Crippen LogP contribution in [0.3, 0.4) is 0 Å². The van der Waals surface area contributed by atoms with Crippen molar-refractivity contribution in [2.45, 2.75) is 38.0 Å². The third kappa shape index (κ3) is 3.89. The topological polar surface area (TPSA) is 69.6 Å². The number of rotatable bonds is 4. The molecule has 2 atom stereocenters. The van der Waals surface area contributed by atoms with Crippen LogP contribution in [0.25, 0.3) is 0 Å². The van der Waals surface area contributed by atoms with Crippen LogP contribution in [-0.2, 0) is 4.79 Å². The van der Waals surface area contributed by atoms with Crippen molar-refractivity contribution in [2.24, 2.45) is 11.8 Å². The molecule has 0 bridgehead atoms. The number of amides is 2. The number of aliphatic carboxylic acids is 1. The van der Waals surface area contributed by atoms with E-state index in [1.165, 1.54) is 18.4 Å². The molecule has 1 saturated carbocycles. The van der Waals surface area contributed by atoms with Gasteiger partial charge in [-0.05, 0) is 43.1 Å². The number of nitrogens with one attached hydrogen (secondary N) is 1. The Morgan fingerprint density at radius 1 is 1.08 bits per heavy atom. The number of carboxylic acid groups (broad SMARTS) is 1. The van der Waals surface area contributed by atoms with Crippen molar-refractivity contribution in [1.29, 1.82) is 0 Å². The van der Waals surface area contributed by atoms with E-state index in [4.69, 9.17) is 5.11 Å². The first-order valence-corrected chi connectivity index (χ1v) is 8.95. The van der Waals surface area contributed by atoms with Gasteiger partial charge in [-0.25, -0.2) is 4.79 Å². The van der Waals surface area contributed by atoms with Crippen LogP contribution in [0.1, 0.15) is 43.6 Å². The number of carbonyl (C=O) groups is 2. The minimum atomic E-state index is -0.744. The fraction of sp³-hybridized carbons (Fsp3) is 0.579. The lowest BCUT2D eigenvalue weighted by atomic mass is 9.89. The van der Waals surface area contributed by atoms with E-state index in [-0.39, 0.29) is 11.9 Å². The summed E-state index contributed by atoms with van der Waals surface area (Å²) in [6.07, 6.45) is 4.66. The Balaban J connectivity index is 1.48. The molecule has 0 aromatic heterocycles. The van der Waals surface area contributed by atoms with Gasteiger partial charge in [0.25, 0.3) is 0 Å². The van der Waals surface area contributed by atoms with Crippen molar-refractivity contribution in [3.8, 4) is 0 Å². The summed E-state index contributed by atoms with van der Waals surface area (Å²) >= 11 is 0. The lowest BCUT2D eigenvalue weighted by Crippen LogP contribution is -2.46. The van der Waals surface area contributed by atoms with Gasteiger partial charge >= 0.3 is 12.0 Å². The molecule has 2 N–H and O–H groups in total. The molecular weight excluding hydrogens is 304 g/mol. The average molecular weight is 330 g/mol. The maximum atomic E-state index is 12.3. The highest BCUT2D eigenvalue weighted by molar-refractivity contribution is 5.75. The summed E-state index contributed by atoms with van der Waals surface area (Å²) in [4.78, 5) is 25.1. The van der Waals surface area contributed by atoms with Crippen LogP contribution in [-0.4, -0.2) is 41.6 Å². The zero-order chi connectivity index (χ0) is 16.9. The zero-order valence-corrected chi connectivity index (χ0v) is 14.0. The molecule has 0 radical (unpaired) electrons. The molecule has 5 nitrogen and oxygen atoms in total. The van der Waals surface area contributed by atoms with Crippen LogP contribution in [0.15, 0.2) is 30.3 Å². The normalized spacial score (nSPS) is 24.8. The maximum absolute atomic E-state index is 12.3. The van der Waals surface area contributed by atoms with Gasteiger partial charge in [-0.3, -0.25) is 4.79 Å². The van der Waals surface area contributed by atoms with E-state index >= 15 is 0 Å². The first kappa shape index (κ1) is 16.8. The summed E-state index contributed by atoms with van der Waals surface area (Å²) in [7, 11) is 0. The quantitative estimate of drug-likeness (QED) is 0.891. The van der Waals surface area contributed by atoms with Gasteiger partial charge in [0.05, 0.1) is 5.92 Å². The second-order valence-electron chi connectivity index (χ2n) is 6.99. The minimum Gasteiger partial charge on any atom is -0.481 e. The first-order valence-electron chi connectivity index (χ1n) is 8.95. The highest BCUT2D eigenvalue weighted by Gasteiger charge is 2.30. The fourth-order valence-corrected chi connectivity index (χ4v) is 4.08. The van der Waals surface area contributed by atoms with Crippen molar-refractivity contribution >= 4 is 12.0 Å². The Bertz CT molecular complexity index is 567. The number of hydrogen-bond donors (Lipinski definition) is 2. The number of hydrogen-bond acceptors (Lipinski definition) is 2. The van der Waals surface area contributed by atoms with Gasteiger partial charge in [-0.15, -0.1) is 0 Å². The number of carboxylic acids is 1. The van der Waals surface area contributed by atoms with Crippen LogP contribution in [0.4, 0.5) is 4.79 Å². The lowest BCUT2D eigenvalue weighted by Gasteiger charge is -2.31. The van der Waals surface area contributed by atoms with Gasteiger partial charge in [-0.2, -0.15) is 0 Å². The summed E-state index contributed by atoms with van der Waals surface area (Å²) < 4.78 is 0. The second kappa shape index (κ2) is 7.69. The van der Waals surface area contributed by atoms with Crippen molar-refractivity contribution in [1.82, 2.24) is 10.2 Å². The Labute approximate surface area is 143 Å². The molecule has 3 rings (SSSR count). The summed E-state index contributed by atoms with van der Waals surface area (Å²) in [6, 6.07) is 10.5. The molecule has 5 heteroatoms. The Morgan fingerprint density at radius 2 is 1.79 bits per heavy atom. The number of urea groups is 1. The van der Waals surface area contributed by atoms with Crippen LogP contribution in [0.5, 0.6) is 0 Å². The molecule has 1 heterocycles. The van der Waals surface area contributed by atoms with E-state index in [0.717, 1.165) is 6.42 Å². The molecule has 2 aliphatic rings. The average Bonchev–Trinajstić information content (AvgIpc) is 3.09. The smallest absolute Gasteiger partial charge is 0.317 e. The second-order valence-corrected chi connectivity index (χ2v) is 6.99. The van der Waals surface area contributed by atoms with Crippen molar-refractivity contribution in [3.05, 3.63) is 35.9 Å². The number of piperidine rings is 1. The Morgan fingerprint density at radius 3 is 2.46 bits per heavy atom. The predicted molar refractivity (Wildman–Crippen MR) is 91.9 cm³/mol. The first-order chi connectivity index (χ1) is 11.6. The van der Waals surface area contributed by atoms with Gasteiger partial charge in [0, 0.05) is 19.6 Å². The molecule has 1 saturated heterocycles. The van der Waals surface area contributed by atoms with Crippen molar-refractivity contribution < 1.29 is 14.7 Å². The summed E-state index contributed by atoms with van der Waals surface area (Å²) in [6.45, 7) is 1.78. The van der Waals surface area contributed by atoms with E-state index < -0.39 is 5.97 Å². The molecule has 1 aromatic carbocycles. The summed E-state index contributed by atoms with van der Waals surface area (Å²) in [5.74, 6) is -0.0183. The zero-order valence-electron chi connectivity index (χ0n) is 14.0. The molecule has 130 valence electrons. The summed E-state index contributed by atoms with van der Waals surface area (Å²) in [5.41, 5.74) is 1.37.